The van der Waals surface area contributed by atoms with Gasteiger partial charge in [-0.15, -0.1) is 0 Å². The molecule has 0 bridgehead atoms. The van der Waals surface area contributed by atoms with Crippen LogP contribution in [0.1, 0.15) is 11.7 Å². The molecule has 0 amide bonds. The smallest absolute Gasteiger partial charge is 0.382 e. The van der Waals surface area contributed by atoms with Crippen molar-refractivity contribution in [2.45, 2.75) is 35.8 Å². The lowest BCUT2D eigenvalue weighted by Gasteiger charge is -2.35. The lowest BCUT2D eigenvalue weighted by atomic mass is 9.92. The standard InChI is InChI=1S/C12H7F9O2/c13-8(14,7(22)6-4-2-1-3-5-6)11(19)9(15,16)10(17,18)12(20,21)23-11/h1-5,7,22H. The Morgan fingerprint density at radius 1 is 0.870 bits per heavy atom. The first-order chi connectivity index (χ1) is 10.2. The van der Waals surface area contributed by atoms with Gasteiger partial charge in [0.25, 0.3) is 0 Å². The van der Waals surface area contributed by atoms with Crippen LogP contribution in [0.2, 0.25) is 0 Å². The summed E-state index contributed by atoms with van der Waals surface area (Å²) in [7, 11) is 0. The van der Waals surface area contributed by atoms with Gasteiger partial charge in [0, 0.05) is 0 Å². The number of alkyl halides is 9. The third-order valence-electron chi connectivity index (χ3n) is 3.32. The van der Waals surface area contributed by atoms with E-state index in [2.05, 4.69) is 4.74 Å². The van der Waals surface area contributed by atoms with Crippen LogP contribution in [-0.4, -0.2) is 34.8 Å². The average Bonchev–Trinajstić information content (AvgIpc) is 2.55. The molecular formula is C12H7F9O2. The molecule has 11 heteroatoms. The topological polar surface area (TPSA) is 29.5 Å². The van der Waals surface area contributed by atoms with E-state index >= 15 is 0 Å². The number of benzene rings is 1. The Balaban J connectivity index is 2.54. The Morgan fingerprint density at radius 3 is 1.74 bits per heavy atom. The highest BCUT2D eigenvalue weighted by molar-refractivity contribution is 5.23. The van der Waals surface area contributed by atoms with Gasteiger partial charge in [0.1, 0.15) is 6.10 Å². The van der Waals surface area contributed by atoms with Gasteiger partial charge in [-0.25, -0.2) is 0 Å². The van der Waals surface area contributed by atoms with Gasteiger partial charge in [-0.1, -0.05) is 30.3 Å². The second kappa shape index (κ2) is 4.76. The first-order valence-corrected chi connectivity index (χ1v) is 5.86. The van der Waals surface area contributed by atoms with Crippen LogP contribution in [0.5, 0.6) is 0 Å². The van der Waals surface area contributed by atoms with E-state index in [0.29, 0.717) is 0 Å². The van der Waals surface area contributed by atoms with E-state index in [4.69, 9.17) is 0 Å². The molecule has 0 spiro atoms. The largest absolute Gasteiger partial charge is 0.428 e. The highest BCUT2D eigenvalue weighted by Gasteiger charge is 2.95. The monoisotopic (exact) mass is 354 g/mol. The van der Waals surface area contributed by atoms with Crippen LogP contribution in [0.15, 0.2) is 30.3 Å². The first-order valence-electron chi connectivity index (χ1n) is 5.86. The molecule has 1 aliphatic rings. The van der Waals surface area contributed by atoms with Crippen molar-refractivity contribution >= 4 is 0 Å². The van der Waals surface area contributed by atoms with E-state index in [9.17, 15) is 44.6 Å². The molecule has 0 aromatic heterocycles. The van der Waals surface area contributed by atoms with Gasteiger partial charge in [0.2, 0.25) is 0 Å². The van der Waals surface area contributed by atoms with E-state index in [0.717, 1.165) is 24.3 Å². The Hall–Kier alpha value is -1.49. The highest BCUT2D eigenvalue weighted by atomic mass is 19.4. The Labute approximate surface area is 122 Å². The average molecular weight is 354 g/mol. The van der Waals surface area contributed by atoms with Gasteiger partial charge in [0.15, 0.2) is 0 Å². The lowest BCUT2D eigenvalue weighted by molar-refractivity contribution is -0.390. The van der Waals surface area contributed by atoms with Crippen molar-refractivity contribution in [3.05, 3.63) is 35.9 Å². The van der Waals surface area contributed by atoms with Gasteiger partial charge < -0.3 is 5.11 Å². The molecule has 1 saturated heterocycles. The van der Waals surface area contributed by atoms with Crippen LogP contribution in [0, 0.1) is 0 Å². The van der Waals surface area contributed by atoms with Gasteiger partial charge in [-0.05, 0) is 5.56 Å². The molecule has 0 aliphatic carbocycles. The van der Waals surface area contributed by atoms with Crippen LogP contribution in [0.3, 0.4) is 0 Å². The van der Waals surface area contributed by atoms with Crippen LogP contribution in [-0.2, 0) is 4.74 Å². The molecule has 1 N–H and O–H groups in total. The van der Waals surface area contributed by atoms with Crippen molar-refractivity contribution in [3.63, 3.8) is 0 Å². The predicted octanol–water partition coefficient (Wildman–Crippen LogP) is 3.91. The summed E-state index contributed by atoms with van der Waals surface area (Å²) in [4.78, 5) is 0. The molecule has 0 saturated carbocycles. The third-order valence-corrected chi connectivity index (χ3v) is 3.32. The minimum absolute atomic E-state index is 0.727. The van der Waals surface area contributed by atoms with Gasteiger partial charge in [-0.2, -0.15) is 39.5 Å². The van der Waals surface area contributed by atoms with Crippen molar-refractivity contribution in [2.75, 3.05) is 0 Å². The Bertz CT molecular complexity index is 589. The fourth-order valence-electron chi connectivity index (χ4n) is 1.99. The first kappa shape index (κ1) is 17.9. The second-order valence-electron chi connectivity index (χ2n) is 4.80. The SMILES string of the molecule is OC(c1ccccc1)C(F)(F)C1(F)OC(F)(F)C(F)(F)C1(F)F. The molecule has 2 unspecified atom stereocenters. The molecule has 1 heterocycles. The maximum Gasteiger partial charge on any atom is 0.428 e. The molecule has 2 nitrogen and oxygen atoms in total. The summed E-state index contributed by atoms with van der Waals surface area (Å²) in [5, 5.41) is 9.35. The van der Waals surface area contributed by atoms with Crippen molar-refractivity contribution in [1.29, 1.82) is 0 Å². The van der Waals surface area contributed by atoms with Crippen LogP contribution >= 0.6 is 0 Å². The molecule has 2 rings (SSSR count). The summed E-state index contributed by atoms with van der Waals surface area (Å²) in [5.41, 5.74) is -0.868. The van der Waals surface area contributed by atoms with Crippen molar-refractivity contribution in [2.24, 2.45) is 0 Å². The maximum atomic E-state index is 14.0. The molecule has 2 atom stereocenters. The van der Waals surface area contributed by atoms with E-state index < -0.39 is 41.4 Å². The number of hydrogen-bond acceptors (Lipinski definition) is 2. The number of rotatable bonds is 3. The number of halogens is 9. The van der Waals surface area contributed by atoms with Crippen molar-refractivity contribution in [1.82, 2.24) is 0 Å². The van der Waals surface area contributed by atoms with Crippen LogP contribution in [0.25, 0.3) is 0 Å². The molecular weight excluding hydrogens is 347 g/mol. The zero-order valence-electron chi connectivity index (χ0n) is 10.7. The lowest BCUT2D eigenvalue weighted by Crippen LogP contribution is -2.61. The minimum atomic E-state index is -6.61. The summed E-state index contributed by atoms with van der Waals surface area (Å²) in [6.45, 7) is 0. The molecule has 1 aliphatic heterocycles. The second-order valence-corrected chi connectivity index (χ2v) is 4.80. The Kier molecular flexibility index (Phi) is 3.69. The fourth-order valence-corrected chi connectivity index (χ4v) is 1.99. The number of ether oxygens (including phenoxy) is 1. The summed E-state index contributed by atoms with van der Waals surface area (Å²) in [6.07, 6.45) is -9.64. The van der Waals surface area contributed by atoms with Gasteiger partial charge in [-0.3, -0.25) is 4.74 Å². The van der Waals surface area contributed by atoms with Crippen molar-refractivity contribution in [3.8, 4) is 0 Å². The zero-order valence-corrected chi connectivity index (χ0v) is 10.7. The quantitative estimate of drug-likeness (QED) is 0.834. The molecule has 0 radical (unpaired) electrons. The summed E-state index contributed by atoms with van der Waals surface area (Å²) in [5.74, 6) is -25.1. The predicted molar refractivity (Wildman–Crippen MR) is 56.1 cm³/mol. The molecule has 1 fully saturated rings. The molecule has 1 aromatic rings. The van der Waals surface area contributed by atoms with E-state index in [1.807, 2.05) is 0 Å². The van der Waals surface area contributed by atoms with Gasteiger partial charge in [0.05, 0.1) is 0 Å². The maximum absolute atomic E-state index is 14.0. The van der Waals surface area contributed by atoms with Gasteiger partial charge >= 0.3 is 29.7 Å². The third kappa shape index (κ3) is 2.05. The normalized spacial score (nSPS) is 30.2. The molecule has 1 aromatic carbocycles. The number of hydrogen-bond donors (Lipinski definition) is 1. The van der Waals surface area contributed by atoms with E-state index in [1.165, 1.54) is 6.07 Å². The highest BCUT2D eigenvalue weighted by Crippen LogP contribution is 2.66. The van der Waals surface area contributed by atoms with Crippen LogP contribution in [0.4, 0.5) is 39.5 Å². The molecule has 23 heavy (non-hydrogen) atoms. The van der Waals surface area contributed by atoms with Crippen molar-refractivity contribution < 1.29 is 49.4 Å². The summed E-state index contributed by atoms with van der Waals surface area (Å²) in [6, 6.07) is 4.78. The zero-order chi connectivity index (χ0) is 17.9. The summed E-state index contributed by atoms with van der Waals surface area (Å²) < 4.78 is 122. The summed E-state index contributed by atoms with van der Waals surface area (Å²) >= 11 is 0. The van der Waals surface area contributed by atoms with E-state index in [1.54, 1.807) is 0 Å². The number of aliphatic hydroxyl groups is 1. The fraction of sp³-hybridized carbons (Fsp3) is 0.500. The number of aliphatic hydroxyl groups excluding tert-OH is 1. The van der Waals surface area contributed by atoms with E-state index in [-0.39, 0.29) is 0 Å². The molecule has 130 valence electrons. The minimum Gasteiger partial charge on any atom is -0.382 e. The van der Waals surface area contributed by atoms with Crippen LogP contribution < -0.4 is 0 Å². The Morgan fingerprint density at radius 2 is 1.35 bits per heavy atom.